The number of fused-ring (bicyclic) bond motifs is 7. The SMILES string of the molecule is c1cc(-c2ccc3c(c2)oc2ccccc23)cc(N(c2ccc(-c3ccc4ccccc4c3)cc2)c2cccc(-c3cccc4sc5ccccc5c34)c2)c1. The van der Waals surface area contributed by atoms with Crippen molar-refractivity contribution >= 4 is 81.3 Å². The van der Waals surface area contributed by atoms with Crippen molar-refractivity contribution in [3.05, 3.63) is 200 Å². The number of rotatable bonds is 6. The Hall–Kier alpha value is -6.94. The highest BCUT2D eigenvalue weighted by Gasteiger charge is 2.17. The van der Waals surface area contributed by atoms with Crippen LogP contribution in [-0.4, -0.2) is 0 Å². The van der Waals surface area contributed by atoms with Crippen molar-refractivity contribution in [2.75, 3.05) is 4.90 Å². The molecule has 0 aliphatic rings. The second kappa shape index (κ2) is 12.9. The molecule has 258 valence electrons. The van der Waals surface area contributed by atoms with Crippen LogP contribution in [0.15, 0.2) is 205 Å². The van der Waals surface area contributed by atoms with E-state index in [0.29, 0.717) is 0 Å². The van der Waals surface area contributed by atoms with Crippen LogP contribution in [-0.2, 0) is 0 Å². The van der Waals surface area contributed by atoms with Gasteiger partial charge in [-0.05, 0) is 117 Å². The Balaban J connectivity index is 1.05. The summed E-state index contributed by atoms with van der Waals surface area (Å²) in [6.45, 7) is 0. The number of para-hydroxylation sites is 1. The maximum absolute atomic E-state index is 6.30. The van der Waals surface area contributed by atoms with Gasteiger partial charge in [0, 0.05) is 48.0 Å². The van der Waals surface area contributed by atoms with E-state index in [1.807, 2.05) is 23.5 Å². The highest BCUT2D eigenvalue weighted by molar-refractivity contribution is 7.25. The van der Waals surface area contributed by atoms with Gasteiger partial charge in [-0.1, -0.05) is 127 Å². The summed E-state index contributed by atoms with van der Waals surface area (Å²) in [6.07, 6.45) is 0. The first-order chi connectivity index (χ1) is 27.2. The molecule has 0 unspecified atom stereocenters. The van der Waals surface area contributed by atoms with Crippen LogP contribution >= 0.6 is 11.3 Å². The van der Waals surface area contributed by atoms with E-state index >= 15 is 0 Å². The second-order valence-electron chi connectivity index (χ2n) is 14.1. The Labute approximate surface area is 322 Å². The molecule has 0 aliphatic heterocycles. The Morgan fingerprint density at radius 2 is 0.964 bits per heavy atom. The van der Waals surface area contributed by atoms with Gasteiger partial charge in [0.05, 0.1) is 0 Å². The summed E-state index contributed by atoms with van der Waals surface area (Å²) in [5.74, 6) is 0. The zero-order chi connectivity index (χ0) is 36.3. The largest absolute Gasteiger partial charge is 0.456 e. The van der Waals surface area contributed by atoms with Crippen LogP contribution in [0.2, 0.25) is 0 Å². The lowest BCUT2D eigenvalue weighted by molar-refractivity contribution is 0.669. The van der Waals surface area contributed by atoms with E-state index in [2.05, 4.69) is 193 Å². The van der Waals surface area contributed by atoms with E-state index < -0.39 is 0 Å². The molecule has 0 saturated heterocycles. The van der Waals surface area contributed by atoms with E-state index in [4.69, 9.17) is 4.42 Å². The number of nitrogens with zero attached hydrogens (tertiary/aromatic N) is 1. The Morgan fingerprint density at radius 1 is 0.345 bits per heavy atom. The van der Waals surface area contributed by atoms with Crippen molar-refractivity contribution in [1.29, 1.82) is 0 Å². The van der Waals surface area contributed by atoms with E-state index in [-0.39, 0.29) is 0 Å². The molecule has 2 aromatic heterocycles. The number of thiophene rings is 1. The zero-order valence-corrected chi connectivity index (χ0v) is 30.6. The van der Waals surface area contributed by atoms with Crippen LogP contribution < -0.4 is 4.90 Å². The van der Waals surface area contributed by atoms with Crippen molar-refractivity contribution in [2.24, 2.45) is 0 Å². The van der Waals surface area contributed by atoms with Crippen LogP contribution in [0.1, 0.15) is 0 Å². The van der Waals surface area contributed by atoms with Crippen LogP contribution in [0, 0.1) is 0 Å². The molecule has 55 heavy (non-hydrogen) atoms. The molecule has 9 aromatic carbocycles. The molecule has 0 amide bonds. The standard InChI is InChI=1S/C52H33NOS/c1-2-11-36-30-38(23-22-34(36)10-1)35-24-27-41(28-25-35)53(42-14-7-12-37(31-42)39-26-29-46-45-16-3-5-19-48(45)54-49(46)33-39)43-15-8-13-40(32-43)44-18-9-21-51-52(44)47-17-4-6-20-50(47)55-51/h1-33H. The van der Waals surface area contributed by atoms with Gasteiger partial charge in [0.25, 0.3) is 0 Å². The molecule has 11 rings (SSSR count). The summed E-state index contributed by atoms with van der Waals surface area (Å²) in [5.41, 5.74) is 12.1. The van der Waals surface area contributed by atoms with E-state index in [1.165, 1.54) is 53.2 Å². The van der Waals surface area contributed by atoms with Gasteiger partial charge in [-0.25, -0.2) is 0 Å². The van der Waals surface area contributed by atoms with E-state index in [0.717, 1.165) is 50.1 Å². The Kier molecular flexibility index (Phi) is 7.39. The normalized spacial score (nSPS) is 11.6. The fourth-order valence-corrected chi connectivity index (χ4v) is 9.31. The first kappa shape index (κ1) is 31.6. The van der Waals surface area contributed by atoms with E-state index in [1.54, 1.807) is 0 Å². The molecular weight excluding hydrogens is 687 g/mol. The minimum Gasteiger partial charge on any atom is -0.456 e. The lowest BCUT2D eigenvalue weighted by Crippen LogP contribution is -2.10. The van der Waals surface area contributed by atoms with Gasteiger partial charge in [-0.15, -0.1) is 11.3 Å². The third kappa shape index (κ3) is 5.48. The average molecular weight is 720 g/mol. The number of hydrogen-bond donors (Lipinski definition) is 0. The minimum absolute atomic E-state index is 0.896. The first-order valence-corrected chi connectivity index (χ1v) is 19.5. The monoisotopic (exact) mass is 719 g/mol. The molecule has 0 spiro atoms. The molecule has 0 saturated carbocycles. The highest BCUT2D eigenvalue weighted by Crippen LogP contribution is 2.43. The number of furan rings is 1. The van der Waals surface area contributed by atoms with Gasteiger partial charge in [-0.2, -0.15) is 0 Å². The second-order valence-corrected chi connectivity index (χ2v) is 15.2. The number of benzene rings is 9. The van der Waals surface area contributed by atoms with Crippen LogP contribution in [0.4, 0.5) is 17.1 Å². The molecule has 0 radical (unpaired) electrons. The maximum atomic E-state index is 6.30. The number of hydrogen-bond acceptors (Lipinski definition) is 3. The van der Waals surface area contributed by atoms with Crippen molar-refractivity contribution in [2.45, 2.75) is 0 Å². The third-order valence-electron chi connectivity index (χ3n) is 10.8. The molecule has 0 bridgehead atoms. The zero-order valence-electron chi connectivity index (χ0n) is 29.8. The quantitative estimate of drug-likeness (QED) is 0.170. The lowest BCUT2D eigenvalue weighted by Gasteiger charge is -2.27. The lowest BCUT2D eigenvalue weighted by atomic mass is 9.98. The highest BCUT2D eigenvalue weighted by atomic mass is 32.1. The molecule has 0 atom stereocenters. The van der Waals surface area contributed by atoms with Crippen molar-refractivity contribution in [1.82, 2.24) is 0 Å². The molecule has 3 heteroatoms. The molecule has 2 nitrogen and oxygen atoms in total. The molecule has 2 heterocycles. The topological polar surface area (TPSA) is 16.4 Å². The van der Waals surface area contributed by atoms with Crippen molar-refractivity contribution in [3.63, 3.8) is 0 Å². The molecule has 0 fully saturated rings. The van der Waals surface area contributed by atoms with Gasteiger partial charge < -0.3 is 9.32 Å². The maximum Gasteiger partial charge on any atom is 0.136 e. The van der Waals surface area contributed by atoms with Crippen molar-refractivity contribution in [3.8, 4) is 33.4 Å². The fourth-order valence-electron chi connectivity index (χ4n) is 8.18. The van der Waals surface area contributed by atoms with Crippen LogP contribution in [0.3, 0.4) is 0 Å². The van der Waals surface area contributed by atoms with Crippen LogP contribution in [0.25, 0.3) is 86.3 Å². The summed E-state index contributed by atoms with van der Waals surface area (Å²) in [4.78, 5) is 2.38. The number of anilines is 3. The minimum atomic E-state index is 0.896. The van der Waals surface area contributed by atoms with Gasteiger partial charge in [0.15, 0.2) is 0 Å². The van der Waals surface area contributed by atoms with Gasteiger partial charge in [-0.3, -0.25) is 0 Å². The van der Waals surface area contributed by atoms with Crippen molar-refractivity contribution < 1.29 is 4.42 Å². The van der Waals surface area contributed by atoms with Gasteiger partial charge in [0.2, 0.25) is 0 Å². The third-order valence-corrected chi connectivity index (χ3v) is 12.0. The van der Waals surface area contributed by atoms with Crippen LogP contribution in [0.5, 0.6) is 0 Å². The average Bonchev–Trinajstić information content (AvgIpc) is 3.82. The smallest absolute Gasteiger partial charge is 0.136 e. The molecule has 11 aromatic rings. The van der Waals surface area contributed by atoms with Gasteiger partial charge in [0.1, 0.15) is 11.2 Å². The fraction of sp³-hybridized carbons (Fsp3) is 0. The summed E-state index contributed by atoms with van der Waals surface area (Å²) >= 11 is 1.86. The summed E-state index contributed by atoms with van der Waals surface area (Å²) in [7, 11) is 0. The molecule has 0 N–H and O–H groups in total. The summed E-state index contributed by atoms with van der Waals surface area (Å²) < 4.78 is 8.92. The van der Waals surface area contributed by atoms with E-state index in [9.17, 15) is 0 Å². The summed E-state index contributed by atoms with van der Waals surface area (Å²) in [6, 6.07) is 72.3. The van der Waals surface area contributed by atoms with Gasteiger partial charge >= 0.3 is 0 Å². The predicted octanol–water partition coefficient (Wildman–Crippen LogP) is 15.6. The molecular formula is C52H33NOS. The first-order valence-electron chi connectivity index (χ1n) is 18.7. The predicted molar refractivity (Wildman–Crippen MR) is 235 cm³/mol. The molecule has 0 aliphatic carbocycles. The Morgan fingerprint density at radius 3 is 1.84 bits per heavy atom. The summed E-state index contributed by atoms with van der Waals surface area (Å²) in [5, 5.41) is 7.39. The Bertz CT molecular complexity index is 3220.